The maximum atomic E-state index is 13.8. The molecule has 4 unspecified atom stereocenters. The number of ether oxygens (including phenoxy) is 2. The fraction of sp³-hybridized carbons (Fsp3) is 0.240. The molecule has 0 amide bonds. The molecule has 36 heavy (non-hydrogen) atoms. The summed E-state index contributed by atoms with van der Waals surface area (Å²) in [5, 5.41) is 22.2. The fourth-order valence-corrected chi connectivity index (χ4v) is 5.54. The predicted octanol–water partition coefficient (Wildman–Crippen LogP) is 4.31. The van der Waals surface area contributed by atoms with Gasteiger partial charge in [-0.15, -0.1) is 0 Å². The third-order valence-electron chi connectivity index (χ3n) is 6.76. The summed E-state index contributed by atoms with van der Waals surface area (Å²) in [7, 11) is 1.21. The molecule has 2 aliphatic rings. The summed E-state index contributed by atoms with van der Waals surface area (Å²) < 4.78 is 51.5. The van der Waals surface area contributed by atoms with Crippen LogP contribution in [0.1, 0.15) is 28.2 Å². The Morgan fingerprint density at radius 2 is 1.78 bits per heavy atom. The molecule has 3 aromatic rings. The standard InChI is InChI=1S/C25H17ClF3NO6/c1-35-21-19-15(11-16(26)30-21)36-24(13-7-9-14(10-8-13)25(27,28)29)18(12-5-3-2-4-6-12)17(22(32)33)20(31)23(19,24)34/h2-11,17-18,34H,1H3,(H,32,33). The van der Waals surface area contributed by atoms with Crippen molar-refractivity contribution in [2.24, 2.45) is 5.92 Å². The average Bonchev–Trinajstić information content (AvgIpc) is 3.21. The largest absolute Gasteiger partial charge is 0.481 e. The Hall–Kier alpha value is -3.63. The molecule has 2 heterocycles. The average molecular weight is 520 g/mol. The first-order chi connectivity index (χ1) is 17.0. The van der Waals surface area contributed by atoms with Crippen molar-refractivity contribution in [3.05, 3.63) is 88.1 Å². The monoisotopic (exact) mass is 519 g/mol. The Morgan fingerprint density at radius 3 is 2.33 bits per heavy atom. The molecule has 0 spiro atoms. The number of halogens is 4. The van der Waals surface area contributed by atoms with Crippen molar-refractivity contribution in [2.75, 3.05) is 7.11 Å². The molecule has 0 saturated heterocycles. The normalized spacial score (nSPS) is 26.8. The molecule has 7 nitrogen and oxygen atoms in total. The zero-order valence-electron chi connectivity index (χ0n) is 18.4. The van der Waals surface area contributed by atoms with Crippen molar-refractivity contribution < 1.29 is 42.4 Å². The number of hydrogen-bond acceptors (Lipinski definition) is 6. The van der Waals surface area contributed by atoms with Crippen molar-refractivity contribution in [1.29, 1.82) is 0 Å². The minimum absolute atomic E-state index is 0.0432. The highest BCUT2D eigenvalue weighted by Crippen LogP contribution is 2.68. The molecule has 2 aromatic carbocycles. The molecule has 11 heteroatoms. The van der Waals surface area contributed by atoms with Gasteiger partial charge in [0.1, 0.15) is 16.8 Å². The number of pyridine rings is 1. The van der Waals surface area contributed by atoms with Crippen LogP contribution in [-0.4, -0.2) is 34.1 Å². The molecule has 2 N–H and O–H groups in total. The highest BCUT2D eigenvalue weighted by Gasteiger charge is 2.79. The number of aromatic nitrogens is 1. The Balaban J connectivity index is 1.88. The summed E-state index contributed by atoms with van der Waals surface area (Å²) >= 11 is 6.08. The van der Waals surface area contributed by atoms with E-state index >= 15 is 0 Å². The number of hydrogen-bond donors (Lipinski definition) is 2. The number of carbonyl (C=O) groups excluding carboxylic acids is 1. The van der Waals surface area contributed by atoms with Crippen LogP contribution in [0.5, 0.6) is 11.6 Å². The molecule has 5 rings (SSSR count). The lowest BCUT2D eigenvalue weighted by Gasteiger charge is -2.39. The summed E-state index contributed by atoms with van der Waals surface area (Å²) in [6.45, 7) is 0. The second-order valence-electron chi connectivity index (χ2n) is 8.52. The van der Waals surface area contributed by atoms with Gasteiger partial charge in [-0.1, -0.05) is 54.1 Å². The topological polar surface area (TPSA) is 106 Å². The highest BCUT2D eigenvalue weighted by molar-refractivity contribution is 6.29. The van der Waals surface area contributed by atoms with Crippen molar-refractivity contribution >= 4 is 23.4 Å². The van der Waals surface area contributed by atoms with Gasteiger partial charge in [-0.25, -0.2) is 4.98 Å². The number of aliphatic hydroxyl groups is 1. The highest BCUT2D eigenvalue weighted by atomic mass is 35.5. The van der Waals surface area contributed by atoms with Crippen molar-refractivity contribution in [3.8, 4) is 11.6 Å². The predicted molar refractivity (Wildman–Crippen MR) is 119 cm³/mol. The number of rotatable bonds is 4. The molecule has 0 bridgehead atoms. The summed E-state index contributed by atoms with van der Waals surface area (Å²) in [5.74, 6) is -6.19. The number of Topliss-reactive ketones (excluding diaryl/α,β-unsaturated/α-hetero) is 1. The number of carbonyl (C=O) groups is 2. The molecule has 0 radical (unpaired) electrons. The zero-order chi connectivity index (χ0) is 26.0. The van der Waals surface area contributed by atoms with Gasteiger partial charge in [0.2, 0.25) is 11.5 Å². The Bertz CT molecular complexity index is 1380. The van der Waals surface area contributed by atoms with E-state index in [1.165, 1.54) is 13.2 Å². The SMILES string of the molecule is COc1nc(Cl)cc2c1C1(O)C(=O)C(C(=O)O)C(c3ccccc3)C1(c1ccc(C(F)(F)F)cc1)O2. The van der Waals surface area contributed by atoms with E-state index < -0.39 is 46.5 Å². The van der Waals surface area contributed by atoms with Gasteiger partial charge in [0.25, 0.3) is 0 Å². The summed E-state index contributed by atoms with van der Waals surface area (Å²) in [4.78, 5) is 30.3. The number of benzene rings is 2. The first-order valence-corrected chi connectivity index (χ1v) is 11.0. The zero-order valence-corrected chi connectivity index (χ0v) is 19.2. The molecule has 1 saturated carbocycles. The molecule has 1 fully saturated rings. The van der Waals surface area contributed by atoms with Gasteiger partial charge in [0.05, 0.1) is 24.2 Å². The van der Waals surface area contributed by atoms with Gasteiger partial charge < -0.3 is 19.7 Å². The molecule has 1 aromatic heterocycles. The lowest BCUT2D eigenvalue weighted by atomic mass is 9.71. The number of fused-ring (bicyclic) bond motifs is 3. The molecule has 186 valence electrons. The number of carboxylic acids is 1. The van der Waals surface area contributed by atoms with E-state index in [0.717, 1.165) is 24.3 Å². The number of carboxylic acid groups (broad SMARTS) is 1. The second-order valence-corrected chi connectivity index (χ2v) is 8.91. The summed E-state index contributed by atoms with van der Waals surface area (Å²) in [6.07, 6.45) is -4.65. The summed E-state index contributed by atoms with van der Waals surface area (Å²) in [6, 6.07) is 12.9. The van der Waals surface area contributed by atoms with Crippen LogP contribution in [0.2, 0.25) is 5.15 Å². The summed E-state index contributed by atoms with van der Waals surface area (Å²) in [5.41, 5.74) is -5.81. The second kappa shape index (κ2) is 7.94. The van der Waals surface area contributed by atoms with Crippen LogP contribution in [-0.2, 0) is 27.0 Å². The Morgan fingerprint density at radius 1 is 1.14 bits per heavy atom. The molecule has 4 atom stereocenters. The minimum Gasteiger partial charge on any atom is -0.481 e. The first kappa shape index (κ1) is 24.1. The van der Waals surface area contributed by atoms with Crippen LogP contribution in [0.15, 0.2) is 60.7 Å². The molecule has 1 aliphatic carbocycles. The van der Waals surface area contributed by atoms with Crippen molar-refractivity contribution in [1.82, 2.24) is 4.98 Å². The number of aliphatic carboxylic acids is 1. The molecule has 1 aliphatic heterocycles. The lowest BCUT2D eigenvalue weighted by Crippen LogP contribution is -2.50. The van der Waals surface area contributed by atoms with Crippen LogP contribution in [0, 0.1) is 5.92 Å². The van der Waals surface area contributed by atoms with Gasteiger partial charge >= 0.3 is 12.1 Å². The van der Waals surface area contributed by atoms with Crippen LogP contribution in [0.3, 0.4) is 0 Å². The number of nitrogens with zero attached hydrogens (tertiary/aromatic N) is 1. The quantitative estimate of drug-likeness (QED) is 0.391. The molecular weight excluding hydrogens is 503 g/mol. The number of methoxy groups -OCH3 is 1. The van der Waals surface area contributed by atoms with E-state index in [1.54, 1.807) is 30.3 Å². The third kappa shape index (κ3) is 3.07. The lowest BCUT2D eigenvalue weighted by molar-refractivity contribution is -0.154. The Kier molecular flexibility index (Phi) is 5.31. The maximum Gasteiger partial charge on any atom is 0.416 e. The van der Waals surface area contributed by atoms with Crippen molar-refractivity contribution in [2.45, 2.75) is 23.3 Å². The van der Waals surface area contributed by atoms with Gasteiger partial charge in [-0.05, 0) is 23.3 Å². The van der Waals surface area contributed by atoms with Crippen molar-refractivity contribution in [3.63, 3.8) is 0 Å². The van der Waals surface area contributed by atoms with Gasteiger partial charge in [0.15, 0.2) is 11.4 Å². The van der Waals surface area contributed by atoms with E-state index in [0.29, 0.717) is 5.56 Å². The van der Waals surface area contributed by atoms with Gasteiger partial charge in [0, 0.05) is 6.07 Å². The maximum absolute atomic E-state index is 13.8. The van der Waals surface area contributed by atoms with Gasteiger partial charge in [-0.3, -0.25) is 9.59 Å². The van der Waals surface area contributed by atoms with E-state index in [-0.39, 0.29) is 27.9 Å². The first-order valence-electron chi connectivity index (χ1n) is 10.6. The number of alkyl halides is 3. The van der Waals surface area contributed by atoms with Crippen LogP contribution in [0.4, 0.5) is 13.2 Å². The fourth-order valence-electron chi connectivity index (χ4n) is 5.37. The van der Waals surface area contributed by atoms with E-state index in [2.05, 4.69) is 4.98 Å². The number of ketones is 1. The van der Waals surface area contributed by atoms with E-state index in [9.17, 15) is 33.0 Å². The van der Waals surface area contributed by atoms with E-state index in [4.69, 9.17) is 21.1 Å². The molecular formula is C25H17ClF3NO6. The van der Waals surface area contributed by atoms with Gasteiger partial charge in [-0.2, -0.15) is 13.2 Å². The van der Waals surface area contributed by atoms with Crippen LogP contribution in [0.25, 0.3) is 0 Å². The minimum atomic E-state index is -4.65. The van der Waals surface area contributed by atoms with Crippen LogP contribution < -0.4 is 9.47 Å². The van der Waals surface area contributed by atoms with E-state index in [1.807, 2.05) is 0 Å². The third-order valence-corrected chi connectivity index (χ3v) is 6.95. The smallest absolute Gasteiger partial charge is 0.416 e. The van der Waals surface area contributed by atoms with Crippen LogP contribution >= 0.6 is 11.6 Å². The Labute approximate surface area is 207 Å².